The van der Waals surface area contributed by atoms with E-state index in [4.69, 9.17) is 0 Å². The number of para-hydroxylation sites is 2. The summed E-state index contributed by atoms with van der Waals surface area (Å²) in [5.74, 6) is 1.18. The summed E-state index contributed by atoms with van der Waals surface area (Å²) in [6, 6.07) is 18.7. The molecule has 0 fully saturated rings. The molecule has 2 aromatic heterocycles. The zero-order valence-corrected chi connectivity index (χ0v) is 13.6. The van der Waals surface area contributed by atoms with E-state index < -0.39 is 0 Å². The van der Waals surface area contributed by atoms with Crippen LogP contribution in [0, 0.1) is 5.82 Å². The smallest absolute Gasteiger partial charge is 0.140 e. The predicted octanol–water partition coefficient (Wildman–Crippen LogP) is 5.06. The number of thioether (sulfide) groups is 1. The van der Waals surface area contributed by atoms with E-state index in [1.54, 1.807) is 18.3 Å². The maximum atomic E-state index is 13.6. The summed E-state index contributed by atoms with van der Waals surface area (Å²) in [4.78, 5) is 12.3. The number of aromatic amines is 1. The van der Waals surface area contributed by atoms with Crippen LogP contribution in [0.25, 0.3) is 22.4 Å². The van der Waals surface area contributed by atoms with Gasteiger partial charge >= 0.3 is 0 Å². The van der Waals surface area contributed by atoms with Gasteiger partial charge < -0.3 is 4.98 Å². The minimum absolute atomic E-state index is 0.177. The third kappa shape index (κ3) is 3.03. The summed E-state index contributed by atoms with van der Waals surface area (Å²) < 4.78 is 13.6. The molecule has 118 valence electrons. The van der Waals surface area contributed by atoms with E-state index in [1.165, 1.54) is 17.8 Å². The molecule has 0 saturated heterocycles. The molecule has 0 amide bonds. The molecule has 0 unspecified atom stereocenters. The third-order valence-corrected chi connectivity index (χ3v) is 4.73. The highest BCUT2D eigenvalue weighted by atomic mass is 32.2. The van der Waals surface area contributed by atoms with Gasteiger partial charge in [0.25, 0.3) is 0 Å². The summed E-state index contributed by atoms with van der Waals surface area (Å²) in [5.41, 5.74) is 3.56. The number of fused-ring (bicyclic) bond motifs is 1. The molecule has 3 nitrogen and oxygen atoms in total. The van der Waals surface area contributed by atoms with Crippen LogP contribution in [0.3, 0.4) is 0 Å². The molecule has 24 heavy (non-hydrogen) atoms. The first-order valence-electron chi connectivity index (χ1n) is 7.57. The second kappa shape index (κ2) is 6.45. The average molecular weight is 335 g/mol. The van der Waals surface area contributed by atoms with Crippen LogP contribution in [0.5, 0.6) is 0 Å². The van der Waals surface area contributed by atoms with Gasteiger partial charge in [-0.25, -0.2) is 14.4 Å². The van der Waals surface area contributed by atoms with Gasteiger partial charge in [-0.1, -0.05) is 30.3 Å². The van der Waals surface area contributed by atoms with Gasteiger partial charge in [-0.3, -0.25) is 0 Å². The molecular weight excluding hydrogens is 321 g/mol. The summed E-state index contributed by atoms with van der Waals surface area (Å²) in [7, 11) is 0. The Hall–Kier alpha value is -2.66. The second-order valence-electron chi connectivity index (χ2n) is 5.37. The van der Waals surface area contributed by atoms with Crippen molar-refractivity contribution < 1.29 is 4.39 Å². The van der Waals surface area contributed by atoms with Crippen LogP contribution in [0.15, 0.2) is 71.9 Å². The highest BCUT2D eigenvalue weighted by Gasteiger charge is 2.07. The number of halogens is 1. The van der Waals surface area contributed by atoms with E-state index in [0.717, 1.165) is 27.4 Å². The van der Waals surface area contributed by atoms with E-state index in [1.807, 2.05) is 42.5 Å². The molecular formula is C19H14FN3S. The predicted molar refractivity (Wildman–Crippen MR) is 95.3 cm³/mol. The first kappa shape index (κ1) is 14.9. The lowest BCUT2D eigenvalue weighted by Gasteiger charge is -2.03. The Morgan fingerprint density at radius 2 is 1.79 bits per heavy atom. The van der Waals surface area contributed by atoms with Gasteiger partial charge in [0.2, 0.25) is 0 Å². The standard InChI is InChI=1S/C19H14FN3S/c20-15-6-2-1-5-14(15)12-24-18-10-9-13(11-21-18)19-22-16-7-3-4-8-17(16)23-19/h1-11H,12H2,(H,22,23). The second-order valence-corrected chi connectivity index (χ2v) is 6.36. The number of rotatable bonds is 4. The molecule has 4 rings (SSSR count). The maximum absolute atomic E-state index is 13.6. The number of hydrogen-bond donors (Lipinski definition) is 1. The van der Waals surface area contributed by atoms with Crippen molar-refractivity contribution in [2.24, 2.45) is 0 Å². The molecule has 0 spiro atoms. The van der Waals surface area contributed by atoms with Crippen LogP contribution in [0.4, 0.5) is 4.39 Å². The molecule has 0 radical (unpaired) electrons. The van der Waals surface area contributed by atoms with Crippen LogP contribution < -0.4 is 0 Å². The monoisotopic (exact) mass is 335 g/mol. The van der Waals surface area contributed by atoms with Crippen LogP contribution >= 0.6 is 11.8 Å². The van der Waals surface area contributed by atoms with Gasteiger partial charge in [0.15, 0.2) is 0 Å². The van der Waals surface area contributed by atoms with Crippen molar-refractivity contribution >= 4 is 22.8 Å². The molecule has 1 N–H and O–H groups in total. The van der Waals surface area contributed by atoms with Crippen molar-refractivity contribution in [3.63, 3.8) is 0 Å². The number of benzene rings is 2. The fourth-order valence-electron chi connectivity index (χ4n) is 2.46. The Bertz CT molecular complexity index is 946. The molecule has 2 heterocycles. The minimum Gasteiger partial charge on any atom is -0.338 e. The number of H-pyrrole nitrogens is 1. The van der Waals surface area contributed by atoms with Crippen LogP contribution in [-0.4, -0.2) is 15.0 Å². The van der Waals surface area contributed by atoms with Gasteiger partial charge in [-0.2, -0.15) is 0 Å². The molecule has 4 aromatic rings. The fourth-order valence-corrected chi connectivity index (χ4v) is 3.29. The highest BCUT2D eigenvalue weighted by molar-refractivity contribution is 7.98. The Balaban J connectivity index is 1.51. The SMILES string of the molecule is Fc1ccccc1CSc1ccc(-c2nc3ccccc3[nH]2)cn1. The van der Waals surface area contributed by atoms with Crippen LogP contribution in [-0.2, 0) is 5.75 Å². The van der Waals surface area contributed by atoms with Crippen molar-refractivity contribution in [1.82, 2.24) is 15.0 Å². The Morgan fingerprint density at radius 3 is 2.58 bits per heavy atom. The van der Waals surface area contributed by atoms with E-state index in [-0.39, 0.29) is 5.82 Å². The van der Waals surface area contributed by atoms with E-state index in [2.05, 4.69) is 15.0 Å². The number of nitrogens with zero attached hydrogens (tertiary/aromatic N) is 2. The number of imidazole rings is 1. The van der Waals surface area contributed by atoms with Crippen molar-refractivity contribution in [3.8, 4) is 11.4 Å². The molecule has 5 heteroatoms. The maximum Gasteiger partial charge on any atom is 0.140 e. The zero-order chi connectivity index (χ0) is 16.4. The third-order valence-electron chi connectivity index (χ3n) is 3.73. The largest absolute Gasteiger partial charge is 0.338 e. The van der Waals surface area contributed by atoms with Crippen LogP contribution in [0.1, 0.15) is 5.56 Å². The van der Waals surface area contributed by atoms with Crippen molar-refractivity contribution in [1.29, 1.82) is 0 Å². The molecule has 2 aromatic carbocycles. The molecule has 0 aliphatic carbocycles. The molecule has 0 aliphatic heterocycles. The Kier molecular flexibility index (Phi) is 4.01. The Labute approximate surface area is 143 Å². The van der Waals surface area contributed by atoms with E-state index >= 15 is 0 Å². The summed E-state index contributed by atoms with van der Waals surface area (Å²) in [6.45, 7) is 0. The lowest BCUT2D eigenvalue weighted by molar-refractivity contribution is 0.617. The van der Waals surface area contributed by atoms with Crippen LogP contribution in [0.2, 0.25) is 0 Å². The number of nitrogens with one attached hydrogen (secondary N) is 1. The lowest BCUT2D eigenvalue weighted by atomic mass is 10.2. The highest BCUT2D eigenvalue weighted by Crippen LogP contribution is 2.25. The quantitative estimate of drug-likeness (QED) is 0.530. The summed E-state index contributed by atoms with van der Waals surface area (Å²) >= 11 is 1.51. The van der Waals surface area contributed by atoms with E-state index in [9.17, 15) is 4.39 Å². The van der Waals surface area contributed by atoms with Crippen molar-refractivity contribution in [2.75, 3.05) is 0 Å². The number of aromatic nitrogens is 3. The summed E-state index contributed by atoms with van der Waals surface area (Å²) in [6.07, 6.45) is 1.79. The molecule has 0 saturated carbocycles. The van der Waals surface area contributed by atoms with Gasteiger partial charge in [-0.05, 0) is 35.9 Å². The minimum atomic E-state index is -0.177. The van der Waals surface area contributed by atoms with E-state index in [0.29, 0.717) is 11.3 Å². The van der Waals surface area contributed by atoms with Crippen molar-refractivity contribution in [3.05, 3.63) is 78.2 Å². The normalized spacial score (nSPS) is 11.0. The summed E-state index contributed by atoms with van der Waals surface area (Å²) in [5, 5.41) is 0.859. The Morgan fingerprint density at radius 1 is 0.958 bits per heavy atom. The lowest BCUT2D eigenvalue weighted by Crippen LogP contribution is -1.88. The van der Waals surface area contributed by atoms with Crippen molar-refractivity contribution in [2.45, 2.75) is 10.8 Å². The van der Waals surface area contributed by atoms with Gasteiger partial charge in [-0.15, -0.1) is 11.8 Å². The molecule has 0 atom stereocenters. The molecule has 0 bridgehead atoms. The number of hydrogen-bond acceptors (Lipinski definition) is 3. The van der Waals surface area contributed by atoms with Gasteiger partial charge in [0.1, 0.15) is 11.6 Å². The zero-order valence-electron chi connectivity index (χ0n) is 12.7. The average Bonchev–Trinajstić information content (AvgIpc) is 3.06. The van der Waals surface area contributed by atoms with Gasteiger partial charge in [0.05, 0.1) is 16.1 Å². The fraction of sp³-hybridized carbons (Fsp3) is 0.0526. The first-order chi connectivity index (χ1) is 11.8. The molecule has 0 aliphatic rings. The number of pyridine rings is 1. The topological polar surface area (TPSA) is 41.6 Å². The first-order valence-corrected chi connectivity index (χ1v) is 8.55. The van der Waals surface area contributed by atoms with Gasteiger partial charge in [0, 0.05) is 17.5 Å².